The van der Waals surface area contributed by atoms with Gasteiger partial charge in [-0.2, -0.15) is 0 Å². The van der Waals surface area contributed by atoms with Crippen LogP contribution >= 0.6 is 0 Å². The zero-order chi connectivity index (χ0) is 16.8. The average molecular weight is 321 g/mol. The Morgan fingerprint density at radius 3 is 2.57 bits per heavy atom. The van der Waals surface area contributed by atoms with Crippen LogP contribution in [0.2, 0.25) is 0 Å². The molecule has 0 aromatic heterocycles. The molecule has 1 atom stereocenters. The van der Waals surface area contributed by atoms with Crippen LogP contribution in [-0.4, -0.2) is 71.8 Å². The van der Waals surface area contributed by atoms with Gasteiger partial charge in [-0.25, -0.2) is 0 Å². The van der Waals surface area contributed by atoms with Crippen molar-refractivity contribution in [3.05, 3.63) is 11.6 Å². The van der Waals surface area contributed by atoms with Gasteiger partial charge in [0.2, 0.25) is 11.8 Å². The zero-order valence-corrected chi connectivity index (χ0v) is 14.9. The van der Waals surface area contributed by atoms with Crippen molar-refractivity contribution in [1.82, 2.24) is 14.7 Å². The van der Waals surface area contributed by atoms with Crippen molar-refractivity contribution < 1.29 is 9.59 Å². The molecule has 2 rings (SSSR count). The van der Waals surface area contributed by atoms with Crippen LogP contribution in [0, 0.1) is 0 Å². The number of amides is 2. The topological polar surface area (TPSA) is 43.9 Å². The summed E-state index contributed by atoms with van der Waals surface area (Å²) in [4.78, 5) is 30.7. The molecule has 130 valence electrons. The Hall–Kier alpha value is -1.36. The molecule has 2 aliphatic heterocycles. The predicted molar refractivity (Wildman–Crippen MR) is 92.1 cm³/mol. The Morgan fingerprint density at radius 1 is 1.13 bits per heavy atom. The van der Waals surface area contributed by atoms with E-state index in [9.17, 15) is 9.59 Å². The van der Waals surface area contributed by atoms with E-state index >= 15 is 0 Å². The van der Waals surface area contributed by atoms with Gasteiger partial charge in [0.25, 0.3) is 0 Å². The van der Waals surface area contributed by atoms with E-state index in [0.717, 1.165) is 58.5 Å². The summed E-state index contributed by atoms with van der Waals surface area (Å²) >= 11 is 0. The van der Waals surface area contributed by atoms with E-state index < -0.39 is 0 Å². The molecule has 2 heterocycles. The average Bonchev–Trinajstić information content (AvgIpc) is 2.80. The van der Waals surface area contributed by atoms with Gasteiger partial charge in [-0.05, 0) is 46.6 Å². The fraction of sp³-hybridized carbons (Fsp3) is 0.778. The molecule has 0 spiro atoms. The molecule has 0 aliphatic carbocycles. The first-order valence-electron chi connectivity index (χ1n) is 8.93. The maximum Gasteiger partial charge on any atom is 0.245 e. The summed E-state index contributed by atoms with van der Waals surface area (Å²) in [6.45, 7) is 11.5. The summed E-state index contributed by atoms with van der Waals surface area (Å²) in [5, 5.41) is 0. The van der Waals surface area contributed by atoms with E-state index in [0.29, 0.717) is 6.42 Å². The molecule has 0 radical (unpaired) electrons. The molecule has 0 saturated carbocycles. The third kappa shape index (κ3) is 5.06. The smallest absolute Gasteiger partial charge is 0.245 e. The van der Waals surface area contributed by atoms with E-state index in [1.165, 1.54) is 5.57 Å². The number of nitrogens with zero attached hydrogens (tertiary/aromatic N) is 3. The molecule has 2 fully saturated rings. The highest BCUT2D eigenvalue weighted by Crippen LogP contribution is 2.16. The number of hydrogen-bond donors (Lipinski definition) is 0. The molecular weight excluding hydrogens is 290 g/mol. The van der Waals surface area contributed by atoms with Crippen LogP contribution in [0.3, 0.4) is 0 Å². The van der Waals surface area contributed by atoms with Crippen LogP contribution in [0.4, 0.5) is 0 Å². The minimum atomic E-state index is -0.303. The lowest BCUT2D eigenvalue weighted by Crippen LogP contribution is -2.48. The lowest BCUT2D eigenvalue weighted by atomic mass is 10.2. The lowest BCUT2D eigenvalue weighted by molar-refractivity contribution is -0.142. The molecule has 2 saturated heterocycles. The second-order valence-electron chi connectivity index (χ2n) is 6.96. The number of likely N-dealkylation sites (tertiary alicyclic amines) is 1. The first-order chi connectivity index (χ1) is 11.0. The van der Waals surface area contributed by atoms with Gasteiger partial charge in [-0.1, -0.05) is 11.6 Å². The SMILES string of the molecule is CC(C)=CCCN1CCCN(C(=O)C(C)N2CCCC2=O)CC1. The van der Waals surface area contributed by atoms with Crippen molar-refractivity contribution in [2.24, 2.45) is 0 Å². The molecular formula is C18H31N3O2. The highest BCUT2D eigenvalue weighted by atomic mass is 16.2. The highest BCUT2D eigenvalue weighted by molar-refractivity contribution is 5.88. The van der Waals surface area contributed by atoms with Gasteiger partial charge in [0.15, 0.2) is 0 Å². The predicted octanol–water partition coefficient (Wildman–Crippen LogP) is 1.89. The molecule has 5 nitrogen and oxygen atoms in total. The Morgan fingerprint density at radius 2 is 1.91 bits per heavy atom. The Kier molecular flexibility index (Phi) is 6.63. The fourth-order valence-corrected chi connectivity index (χ4v) is 3.43. The van der Waals surface area contributed by atoms with Gasteiger partial charge in [0, 0.05) is 39.1 Å². The van der Waals surface area contributed by atoms with Crippen molar-refractivity contribution in [3.8, 4) is 0 Å². The number of allylic oxidation sites excluding steroid dienone is 1. The maximum absolute atomic E-state index is 12.7. The minimum absolute atomic E-state index is 0.117. The van der Waals surface area contributed by atoms with Crippen molar-refractivity contribution in [2.75, 3.05) is 39.3 Å². The number of carbonyl (C=O) groups excluding carboxylic acids is 2. The third-order valence-corrected chi connectivity index (χ3v) is 4.83. The molecule has 0 aromatic rings. The van der Waals surface area contributed by atoms with Gasteiger partial charge in [0.1, 0.15) is 6.04 Å². The van der Waals surface area contributed by atoms with Crippen LogP contribution < -0.4 is 0 Å². The molecule has 0 aromatic carbocycles. The highest BCUT2D eigenvalue weighted by Gasteiger charge is 2.32. The molecule has 2 amide bonds. The van der Waals surface area contributed by atoms with Crippen molar-refractivity contribution in [2.45, 2.75) is 52.5 Å². The van der Waals surface area contributed by atoms with Gasteiger partial charge >= 0.3 is 0 Å². The second-order valence-corrected chi connectivity index (χ2v) is 6.96. The Bertz CT molecular complexity index is 457. The van der Waals surface area contributed by atoms with E-state index in [-0.39, 0.29) is 17.9 Å². The molecule has 0 N–H and O–H groups in total. The fourth-order valence-electron chi connectivity index (χ4n) is 3.43. The normalized spacial score (nSPS) is 21.3. The first kappa shape index (κ1) is 18.0. The maximum atomic E-state index is 12.7. The van der Waals surface area contributed by atoms with Crippen LogP contribution in [0.1, 0.15) is 46.5 Å². The lowest BCUT2D eigenvalue weighted by Gasteiger charge is -2.29. The largest absolute Gasteiger partial charge is 0.340 e. The van der Waals surface area contributed by atoms with E-state index in [1.807, 2.05) is 11.8 Å². The van der Waals surface area contributed by atoms with Gasteiger partial charge in [0.05, 0.1) is 0 Å². The summed E-state index contributed by atoms with van der Waals surface area (Å²) < 4.78 is 0. The van der Waals surface area contributed by atoms with E-state index in [1.54, 1.807) is 4.90 Å². The first-order valence-corrected chi connectivity index (χ1v) is 8.93. The van der Waals surface area contributed by atoms with Crippen molar-refractivity contribution in [3.63, 3.8) is 0 Å². The van der Waals surface area contributed by atoms with Crippen LogP contribution in [0.15, 0.2) is 11.6 Å². The molecule has 23 heavy (non-hydrogen) atoms. The standard InChI is InChI=1S/C18H31N3O2/c1-15(2)7-4-9-19-10-6-11-20(14-13-19)18(23)16(3)21-12-5-8-17(21)22/h7,16H,4-6,8-14H2,1-3H3. The third-order valence-electron chi connectivity index (χ3n) is 4.83. The molecule has 0 bridgehead atoms. The van der Waals surface area contributed by atoms with E-state index in [4.69, 9.17) is 0 Å². The van der Waals surface area contributed by atoms with Gasteiger partial charge < -0.3 is 14.7 Å². The summed E-state index contributed by atoms with van der Waals surface area (Å²) in [7, 11) is 0. The summed E-state index contributed by atoms with van der Waals surface area (Å²) in [6.07, 6.45) is 5.84. The second kappa shape index (κ2) is 8.48. The summed E-state index contributed by atoms with van der Waals surface area (Å²) in [5.41, 5.74) is 1.36. The van der Waals surface area contributed by atoms with Crippen LogP contribution in [0.5, 0.6) is 0 Å². The summed E-state index contributed by atoms with van der Waals surface area (Å²) in [5.74, 6) is 0.246. The Labute approximate surface area is 140 Å². The van der Waals surface area contributed by atoms with Gasteiger partial charge in [-0.15, -0.1) is 0 Å². The van der Waals surface area contributed by atoms with Crippen molar-refractivity contribution in [1.29, 1.82) is 0 Å². The van der Waals surface area contributed by atoms with Crippen LogP contribution in [0.25, 0.3) is 0 Å². The van der Waals surface area contributed by atoms with Crippen molar-refractivity contribution >= 4 is 11.8 Å². The monoisotopic (exact) mass is 321 g/mol. The van der Waals surface area contributed by atoms with E-state index in [2.05, 4.69) is 24.8 Å². The number of carbonyl (C=O) groups is 2. The molecule has 1 unspecified atom stereocenters. The number of rotatable bonds is 5. The minimum Gasteiger partial charge on any atom is -0.340 e. The Balaban J connectivity index is 1.83. The number of hydrogen-bond acceptors (Lipinski definition) is 3. The molecule has 5 heteroatoms. The quantitative estimate of drug-likeness (QED) is 0.726. The summed E-state index contributed by atoms with van der Waals surface area (Å²) in [6, 6.07) is -0.303. The zero-order valence-electron chi connectivity index (χ0n) is 14.9. The molecule has 2 aliphatic rings. The van der Waals surface area contributed by atoms with Crippen LogP contribution in [-0.2, 0) is 9.59 Å². The van der Waals surface area contributed by atoms with Gasteiger partial charge in [-0.3, -0.25) is 9.59 Å².